The van der Waals surface area contributed by atoms with Crippen molar-refractivity contribution in [2.45, 2.75) is 32.6 Å². The normalized spacial score (nSPS) is 19.5. The number of amides is 2. The lowest BCUT2D eigenvalue weighted by Gasteiger charge is -2.31. The van der Waals surface area contributed by atoms with Crippen molar-refractivity contribution in [3.8, 4) is 5.69 Å². The van der Waals surface area contributed by atoms with Gasteiger partial charge in [0.15, 0.2) is 5.69 Å². The predicted molar refractivity (Wildman–Crippen MR) is 105 cm³/mol. The van der Waals surface area contributed by atoms with Crippen molar-refractivity contribution < 1.29 is 9.59 Å². The summed E-state index contributed by atoms with van der Waals surface area (Å²) >= 11 is 6.04. The van der Waals surface area contributed by atoms with Crippen LogP contribution in [0.15, 0.2) is 24.3 Å². The van der Waals surface area contributed by atoms with Crippen molar-refractivity contribution in [1.82, 2.24) is 25.2 Å². The molecular weight excluding hydrogens is 378 g/mol. The predicted octanol–water partition coefficient (Wildman–Crippen LogP) is 2.61. The lowest BCUT2D eigenvalue weighted by atomic mass is 9.96. The average molecular weight is 402 g/mol. The van der Waals surface area contributed by atoms with E-state index in [1.807, 2.05) is 12.1 Å². The van der Waals surface area contributed by atoms with Crippen LogP contribution in [-0.2, 0) is 4.79 Å². The van der Waals surface area contributed by atoms with Crippen molar-refractivity contribution in [1.29, 1.82) is 0 Å². The Hall–Kier alpha value is -2.41. The van der Waals surface area contributed by atoms with Gasteiger partial charge in [0, 0.05) is 24.7 Å². The summed E-state index contributed by atoms with van der Waals surface area (Å²) in [6.45, 7) is 3.59. The monoisotopic (exact) mass is 401 g/mol. The molecule has 2 fully saturated rings. The van der Waals surface area contributed by atoms with Gasteiger partial charge in [-0.2, -0.15) is 9.90 Å². The minimum Gasteiger partial charge on any atom is -0.356 e. The molecule has 7 nitrogen and oxygen atoms in total. The van der Waals surface area contributed by atoms with E-state index < -0.39 is 0 Å². The molecular formula is C20H24ClN5O2. The molecule has 1 N–H and O–H groups in total. The topological polar surface area (TPSA) is 80.1 Å². The van der Waals surface area contributed by atoms with Crippen LogP contribution in [-0.4, -0.2) is 51.3 Å². The van der Waals surface area contributed by atoms with Gasteiger partial charge in [-0.05, 0) is 56.7 Å². The Morgan fingerprint density at radius 3 is 2.82 bits per heavy atom. The molecule has 1 atom stereocenters. The van der Waals surface area contributed by atoms with Crippen molar-refractivity contribution >= 4 is 23.4 Å². The smallest absolute Gasteiger partial charge is 0.276 e. The first kappa shape index (κ1) is 18.9. The van der Waals surface area contributed by atoms with Gasteiger partial charge in [-0.15, -0.1) is 5.10 Å². The first-order valence-corrected chi connectivity index (χ1v) is 10.2. The molecule has 1 aliphatic heterocycles. The highest BCUT2D eigenvalue weighted by molar-refractivity contribution is 6.30. The van der Waals surface area contributed by atoms with Crippen LogP contribution >= 0.6 is 11.6 Å². The number of hydrogen-bond acceptors (Lipinski definition) is 4. The Morgan fingerprint density at radius 2 is 2.07 bits per heavy atom. The van der Waals surface area contributed by atoms with E-state index in [1.165, 1.54) is 17.6 Å². The standard InChI is InChI=1S/C20H24ClN5O2/c1-13-18(24-26(23-13)17-6-2-5-16(21)10-17)20(28)25-9-3-4-15(12-25)19(27)22-11-14-7-8-14/h2,5-6,10,14-15H,3-4,7-9,11-12H2,1H3,(H,22,27). The van der Waals surface area contributed by atoms with E-state index in [4.69, 9.17) is 11.6 Å². The molecule has 2 heterocycles. The second-order valence-corrected chi connectivity index (χ2v) is 8.12. The van der Waals surface area contributed by atoms with Crippen molar-refractivity contribution in [3.63, 3.8) is 0 Å². The van der Waals surface area contributed by atoms with Gasteiger partial charge in [-0.25, -0.2) is 0 Å². The van der Waals surface area contributed by atoms with E-state index in [9.17, 15) is 9.59 Å². The zero-order chi connectivity index (χ0) is 19.7. The Kier molecular flexibility index (Phi) is 5.35. The SMILES string of the molecule is Cc1nn(-c2cccc(Cl)c2)nc1C(=O)N1CCCC(C(=O)NCC2CC2)C1. The number of piperidine rings is 1. The third-order valence-corrected chi connectivity index (χ3v) is 5.60. The van der Waals surface area contributed by atoms with E-state index in [1.54, 1.807) is 24.0 Å². The number of likely N-dealkylation sites (tertiary alicyclic amines) is 1. The summed E-state index contributed by atoms with van der Waals surface area (Å²) in [5.74, 6) is 0.378. The molecule has 148 valence electrons. The minimum absolute atomic E-state index is 0.0590. The molecule has 0 bridgehead atoms. The fraction of sp³-hybridized carbons (Fsp3) is 0.500. The second kappa shape index (κ2) is 7.91. The van der Waals surface area contributed by atoms with E-state index in [-0.39, 0.29) is 17.7 Å². The molecule has 8 heteroatoms. The number of carbonyl (C=O) groups excluding carboxylic acids is 2. The summed E-state index contributed by atoms with van der Waals surface area (Å²) in [7, 11) is 0. The summed E-state index contributed by atoms with van der Waals surface area (Å²) in [6.07, 6.45) is 4.04. The van der Waals surface area contributed by atoms with Gasteiger partial charge in [0.05, 0.1) is 17.3 Å². The second-order valence-electron chi connectivity index (χ2n) is 7.68. The van der Waals surface area contributed by atoms with E-state index in [0.29, 0.717) is 41.1 Å². The van der Waals surface area contributed by atoms with E-state index in [0.717, 1.165) is 19.4 Å². The van der Waals surface area contributed by atoms with Gasteiger partial charge < -0.3 is 10.2 Å². The van der Waals surface area contributed by atoms with Gasteiger partial charge in [0.25, 0.3) is 5.91 Å². The Bertz CT molecular complexity index is 892. The molecule has 28 heavy (non-hydrogen) atoms. The highest BCUT2D eigenvalue weighted by atomic mass is 35.5. The van der Waals surface area contributed by atoms with Crippen LogP contribution in [0, 0.1) is 18.8 Å². The summed E-state index contributed by atoms with van der Waals surface area (Å²) in [4.78, 5) is 28.6. The van der Waals surface area contributed by atoms with Crippen LogP contribution < -0.4 is 5.32 Å². The van der Waals surface area contributed by atoms with Crippen molar-refractivity contribution in [2.75, 3.05) is 19.6 Å². The number of aryl methyl sites for hydroxylation is 1. The van der Waals surface area contributed by atoms with Crippen LogP contribution in [0.2, 0.25) is 5.02 Å². The summed E-state index contributed by atoms with van der Waals surface area (Å²) in [6, 6.07) is 7.17. The molecule has 2 aromatic rings. The zero-order valence-electron chi connectivity index (χ0n) is 15.9. The van der Waals surface area contributed by atoms with Crippen molar-refractivity contribution in [2.24, 2.45) is 11.8 Å². The first-order valence-electron chi connectivity index (χ1n) is 9.78. The lowest BCUT2D eigenvalue weighted by Crippen LogP contribution is -2.46. The summed E-state index contributed by atoms with van der Waals surface area (Å²) in [5.41, 5.74) is 1.58. The highest BCUT2D eigenvalue weighted by Gasteiger charge is 2.32. The maximum absolute atomic E-state index is 13.0. The molecule has 1 aromatic heterocycles. The third-order valence-electron chi connectivity index (χ3n) is 5.37. The molecule has 2 amide bonds. The minimum atomic E-state index is -0.175. The van der Waals surface area contributed by atoms with Crippen LogP contribution in [0.4, 0.5) is 0 Å². The van der Waals surface area contributed by atoms with Gasteiger partial charge in [-0.1, -0.05) is 17.7 Å². The number of nitrogens with one attached hydrogen (secondary N) is 1. The molecule has 1 unspecified atom stereocenters. The maximum Gasteiger partial charge on any atom is 0.276 e. The number of carbonyl (C=O) groups is 2. The zero-order valence-corrected chi connectivity index (χ0v) is 16.7. The van der Waals surface area contributed by atoms with Gasteiger partial charge in [0.1, 0.15) is 0 Å². The maximum atomic E-state index is 13.0. The molecule has 0 spiro atoms. The number of aromatic nitrogens is 3. The van der Waals surface area contributed by atoms with Crippen LogP contribution in [0.1, 0.15) is 41.9 Å². The Labute approximate surface area is 169 Å². The van der Waals surface area contributed by atoms with E-state index in [2.05, 4.69) is 15.5 Å². The Balaban J connectivity index is 1.45. The average Bonchev–Trinajstić information content (AvgIpc) is 3.45. The summed E-state index contributed by atoms with van der Waals surface area (Å²) in [5, 5.41) is 12.4. The quantitative estimate of drug-likeness (QED) is 0.835. The molecule has 0 radical (unpaired) electrons. The van der Waals surface area contributed by atoms with Gasteiger partial charge in [-0.3, -0.25) is 9.59 Å². The lowest BCUT2D eigenvalue weighted by molar-refractivity contribution is -0.126. The number of hydrogen-bond donors (Lipinski definition) is 1. The largest absolute Gasteiger partial charge is 0.356 e. The first-order chi connectivity index (χ1) is 13.5. The molecule has 1 saturated heterocycles. The van der Waals surface area contributed by atoms with Gasteiger partial charge >= 0.3 is 0 Å². The number of nitrogens with zero attached hydrogens (tertiary/aromatic N) is 4. The fourth-order valence-electron chi connectivity index (χ4n) is 3.53. The van der Waals surface area contributed by atoms with Crippen LogP contribution in [0.3, 0.4) is 0 Å². The molecule has 1 aromatic carbocycles. The molecule has 4 rings (SSSR count). The molecule has 2 aliphatic rings. The summed E-state index contributed by atoms with van der Waals surface area (Å²) < 4.78 is 0. The molecule has 1 aliphatic carbocycles. The van der Waals surface area contributed by atoms with Crippen LogP contribution in [0.5, 0.6) is 0 Å². The Morgan fingerprint density at radius 1 is 1.25 bits per heavy atom. The van der Waals surface area contributed by atoms with E-state index >= 15 is 0 Å². The third kappa shape index (κ3) is 4.19. The molecule has 1 saturated carbocycles. The van der Waals surface area contributed by atoms with Crippen molar-refractivity contribution in [3.05, 3.63) is 40.7 Å². The highest BCUT2D eigenvalue weighted by Crippen LogP contribution is 2.28. The number of benzene rings is 1. The van der Waals surface area contributed by atoms with Gasteiger partial charge in [0.2, 0.25) is 5.91 Å². The van der Waals surface area contributed by atoms with Crippen LogP contribution in [0.25, 0.3) is 5.69 Å². The fourth-order valence-corrected chi connectivity index (χ4v) is 3.71. The number of rotatable bonds is 5. The number of halogens is 1.